The highest BCUT2D eigenvalue weighted by atomic mass is 19.1. The first kappa shape index (κ1) is 20.0. The lowest BCUT2D eigenvalue weighted by atomic mass is 10.0. The van der Waals surface area contributed by atoms with Gasteiger partial charge in [-0.3, -0.25) is 9.69 Å². The molecule has 1 saturated heterocycles. The summed E-state index contributed by atoms with van der Waals surface area (Å²) in [5, 5.41) is 18.6. The van der Waals surface area contributed by atoms with Crippen LogP contribution in [0.4, 0.5) is 14.6 Å². The van der Waals surface area contributed by atoms with Gasteiger partial charge >= 0.3 is 0 Å². The van der Waals surface area contributed by atoms with Crippen LogP contribution in [-0.2, 0) is 0 Å². The van der Waals surface area contributed by atoms with Gasteiger partial charge in [0.15, 0.2) is 5.75 Å². The van der Waals surface area contributed by atoms with Crippen LogP contribution < -0.4 is 11.2 Å². The number of H-pyrrole nitrogens is 1. The Bertz CT molecular complexity index is 932. The van der Waals surface area contributed by atoms with Crippen LogP contribution in [0, 0.1) is 17.0 Å². The number of hydrogen-bond acceptors (Lipinski definition) is 6. The first-order valence-corrected chi connectivity index (χ1v) is 9.05. The predicted molar refractivity (Wildman–Crippen MR) is 104 cm³/mol. The van der Waals surface area contributed by atoms with Gasteiger partial charge < -0.3 is 26.1 Å². The molecular weight excluding hydrogens is 368 g/mol. The van der Waals surface area contributed by atoms with E-state index in [1.54, 1.807) is 0 Å². The highest BCUT2D eigenvalue weighted by molar-refractivity contribution is 6.04. The van der Waals surface area contributed by atoms with Gasteiger partial charge in [-0.2, -0.15) is 0 Å². The number of nitrogens with one attached hydrogen (secondary N) is 2. The molecule has 1 aliphatic rings. The van der Waals surface area contributed by atoms with Crippen molar-refractivity contribution in [3.8, 4) is 17.0 Å². The minimum absolute atomic E-state index is 0.0560. The quantitative estimate of drug-likeness (QED) is 0.579. The van der Waals surface area contributed by atoms with Crippen LogP contribution >= 0.6 is 0 Å². The largest absolute Gasteiger partial charge is 0.503 e. The number of aromatic nitrogens is 1. The van der Waals surface area contributed by atoms with E-state index < -0.39 is 34.1 Å². The van der Waals surface area contributed by atoms with E-state index in [1.807, 2.05) is 4.90 Å². The molecule has 0 unspecified atom stereocenters. The van der Waals surface area contributed by atoms with Gasteiger partial charge in [-0.05, 0) is 18.7 Å². The van der Waals surface area contributed by atoms with Crippen LogP contribution in [0.3, 0.4) is 0 Å². The Morgan fingerprint density at radius 1 is 1.21 bits per heavy atom. The standard InChI is InChI=1S/C19H23F2N5O2/c1-2-25-6-8-26(9-7-25)10-13(22)15-17(27)18(28)16(24-19(15)23)14-11(20)4-3-5-12(14)21/h3-5,22,28H,2,6-10H2,1H3,(H3,23,24,27). The maximum absolute atomic E-state index is 14.0. The van der Waals surface area contributed by atoms with Crippen molar-refractivity contribution in [2.45, 2.75) is 6.92 Å². The lowest BCUT2D eigenvalue weighted by Crippen LogP contribution is -2.48. The van der Waals surface area contributed by atoms with Gasteiger partial charge in [0.1, 0.15) is 17.5 Å². The lowest BCUT2D eigenvalue weighted by Gasteiger charge is -2.34. The fraction of sp³-hybridized carbons (Fsp3) is 0.368. The Morgan fingerprint density at radius 3 is 2.36 bits per heavy atom. The highest BCUT2D eigenvalue weighted by Gasteiger charge is 2.24. The third kappa shape index (κ3) is 3.76. The average Bonchev–Trinajstić information content (AvgIpc) is 2.66. The van der Waals surface area contributed by atoms with E-state index >= 15 is 0 Å². The van der Waals surface area contributed by atoms with Crippen molar-refractivity contribution >= 4 is 11.5 Å². The van der Waals surface area contributed by atoms with Crippen molar-refractivity contribution in [1.82, 2.24) is 14.8 Å². The molecule has 0 spiro atoms. The molecule has 3 rings (SSSR count). The molecular formula is C19H23F2N5O2. The van der Waals surface area contributed by atoms with Crippen molar-refractivity contribution in [2.24, 2.45) is 0 Å². The minimum atomic E-state index is -0.943. The number of benzene rings is 1. The first-order chi connectivity index (χ1) is 13.3. The lowest BCUT2D eigenvalue weighted by molar-refractivity contribution is 0.151. The van der Waals surface area contributed by atoms with E-state index in [0.29, 0.717) is 0 Å². The normalized spacial score (nSPS) is 15.7. The monoisotopic (exact) mass is 391 g/mol. The van der Waals surface area contributed by atoms with Crippen molar-refractivity contribution < 1.29 is 13.9 Å². The summed E-state index contributed by atoms with van der Waals surface area (Å²) >= 11 is 0. The number of halogens is 2. The zero-order chi connectivity index (χ0) is 20.4. The SMILES string of the molecule is CCN1CCN(CC(=N)c2c(N)[nH]c(-c3c(F)cccc3F)c(O)c2=O)CC1. The average molecular weight is 391 g/mol. The minimum Gasteiger partial charge on any atom is -0.503 e. The molecule has 1 aromatic heterocycles. The molecule has 0 saturated carbocycles. The highest BCUT2D eigenvalue weighted by Crippen LogP contribution is 2.31. The van der Waals surface area contributed by atoms with Crippen LogP contribution in [-0.4, -0.2) is 64.9 Å². The maximum atomic E-state index is 14.0. The number of piperazine rings is 1. The molecule has 0 aliphatic carbocycles. The number of likely N-dealkylation sites (N-methyl/N-ethyl adjacent to an activating group) is 1. The van der Waals surface area contributed by atoms with Gasteiger partial charge in [0.2, 0.25) is 5.43 Å². The van der Waals surface area contributed by atoms with Crippen molar-refractivity contribution in [2.75, 3.05) is 45.0 Å². The second kappa shape index (κ2) is 8.07. The third-order valence-electron chi connectivity index (χ3n) is 5.02. The number of pyridine rings is 1. The molecule has 9 heteroatoms. The number of aromatic hydroxyl groups is 1. The molecule has 1 aliphatic heterocycles. The summed E-state index contributed by atoms with van der Waals surface area (Å²) in [6.45, 7) is 6.47. The number of nitrogens with zero attached hydrogens (tertiary/aromatic N) is 2. The molecule has 28 heavy (non-hydrogen) atoms. The van der Waals surface area contributed by atoms with Crippen LogP contribution in [0.15, 0.2) is 23.0 Å². The number of nitrogens with two attached hydrogens (primary N) is 1. The summed E-state index contributed by atoms with van der Waals surface area (Å²) in [7, 11) is 0. The molecule has 0 bridgehead atoms. The van der Waals surface area contributed by atoms with Crippen LogP contribution in [0.1, 0.15) is 12.5 Å². The summed E-state index contributed by atoms with van der Waals surface area (Å²) in [5.41, 5.74) is 3.72. The smallest absolute Gasteiger partial charge is 0.235 e. The Morgan fingerprint density at radius 2 is 1.79 bits per heavy atom. The van der Waals surface area contributed by atoms with Crippen molar-refractivity contribution in [3.05, 3.63) is 45.6 Å². The molecule has 2 aromatic rings. The molecule has 1 aromatic carbocycles. The summed E-state index contributed by atoms with van der Waals surface area (Å²) < 4.78 is 28.1. The Kier molecular flexibility index (Phi) is 5.76. The molecule has 150 valence electrons. The van der Waals surface area contributed by atoms with Gasteiger partial charge in [0.05, 0.1) is 22.5 Å². The van der Waals surface area contributed by atoms with Gasteiger partial charge in [-0.15, -0.1) is 0 Å². The molecule has 5 N–H and O–H groups in total. The maximum Gasteiger partial charge on any atom is 0.235 e. The fourth-order valence-corrected chi connectivity index (χ4v) is 3.39. The number of nitrogen functional groups attached to an aromatic ring is 1. The second-order valence-electron chi connectivity index (χ2n) is 6.75. The predicted octanol–water partition coefficient (Wildman–Crippen LogP) is 1.61. The molecule has 2 heterocycles. The number of hydrogen-bond donors (Lipinski definition) is 4. The molecule has 0 amide bonds. The van der Waals surface area contributed by atoms with E-state index in [-0.39, 0.29) is 23.6 Å². The number of aromatic amines is 1. The Labute approximate surface area is 160 Å². The van der Waals surface area contributed by atoms with Gasteiger partial charge in [0.25, 0.3) is 0 Å². The number of rotatable bonds is 5. The molecule has 1 fully saturated rings. The zero-order valence-corrected chi connectivity index (χ0v) is 15.6. The van der Waals surface area contributed by atoms with Gasteiger partial charge in [0, 0.05) is 32.7 Å². The topological polar surface area (TPSA) is 109 Å². The summed E-state index contributed by atoms with van der Waals surface area (Å²) in [5.74, 6) is -2.96. The number of anilines is 1. The molecule has 0 radical (unpaired) electrons. The first-order valence-electron chi connectivity index (χ1n) is 9.05. The zero-order valence-electron chi connectivity index (χ0n) is 15.6. The Balaban J connectivity index is 1.91. The fourth-order valence-electron chi connectivity index (χ4n) is 3.39. The van der Waals surface area contributed by atoms with E-state index in [1.165, 1.54) is 6.07 Å². The van der Waals surface area contributed by atoms with E-state index in [4.69, 9.17) is 11.1 Å². The molecule has 7 nitrogen and oxygen atoms in total. The summed E-state index contributed by atoms with van der Waals surface area (Å²) in [6.07, 6.45) is 0. The summed E-state index contributed by atoms with van der Waals surface area (Å²) in [4.78, 5) is 19.4. The third-order valence-corrected chi connectivity index (χ3v) is 5.02. The van der Waals surface area contributed by atoms with E-state index in [2.05, 4.69) is 16.8 Å². The van der Waals surface area contributed by atoms with Crippen molar-refractivity contribution in [3.63, 3.8) is 0 Å². The van der Waals surface area contributed by atoms with Crippen molar-refractivity contribution in [1.29, 1.82) is 5.41 Å². The Hall–Kier alpha value is -2.78. The van der Waals surface area contributed by atoms with Crippen LogP contribution in [0.25, 0.3) is 11.3 Å². The summed E-state index contributed by atoms with van der Waals surface area (Å²) in [6, 6.07) is 3.20. The van der Waals surface area contributed by atoms with E-state index in [9.17, 15) is 18.7 Å². The van der Waals surface area contributed by atoms with E-state index in [0.717, 1.165) is 44.9 Å². The van der Waals surface area contributed by atoms with Crippen LogP contribution in [0.5, 0.6) is 5.75 Å². The second-order valence-corrected chi connectivity index (χ2v) is 6.75. The van der Waals surface area contributed by atoms with Crippen LogP contribution in [0.2, 0.25) is 0 Å². The molecule has 0 atom stereocenters. The van der Waals surface area contributed by atoms with Gasteiger partial charge in [-0.1, -0.05) is 13.0 Å². The van der Waals surface area contributed by atoms with Gasteiger partial charge in [-0.25, -0.2) is 8.78 Å².